The minimum Gasteiger partial charge on any atom is -0.461 e. The highest BCUT2D eigenvalue weighted by molar-refractivity contribution is 6.82. The zero-order chi connectivity index (χ0) is 9.40. The van der Waals surface area contributed by atoms with Crippen LogP contribution in [0, 0.1) is 0 Å². The molecule has 0 aromatic rings. The summed E-state index contributed by atoms with van der Waals surface area (Å²) in [5, 5.41) is 6.68. The molecular formula is C7H11ClN2O2. The summed E-state index contributed by atoms with van der Waals surface area (Å²) in [7, 11) is 0. The molecule has 0 unspecified atom stereocenters. The summed E-state index contributed by atoms with van der Waals surface area (Å²) in [5.74, 6) is -0.646. The predicted octanol–water partition coefficient (Wildman–Crippen LogP) is 1.58. The molecule has 0 saturated heterocycles. The maximum Gasteiger partial charge on any atom is 0.370 e. The molecule has 0 aromatic heterocycles. The molecule has 0 rings (SSSR count). The quantitative estimate of drug-likeness (QED) is 0.384. The Morgan fingerprint density at radius 3 is 2.75 bits per heavy atom. The van der Waals surface area contributed by atoms with E-state index in [1.807, 2.05) is 6.92 Å². The van der Waals surface area contributed by atoms with Gasteiger partial charge in [-0.3, -0.25) is 0 Å². The van der Waals surface area contributed by atoms with Gasteiger partial charge in [0.25, 0.3) is 0 Å². The van der Waals surface area contributed by atoms with Crippen LogP contribution < -0.4 is 0 Å². The van der Waals surface area contributed by atoms with Crippen LogP contribution in [0.1, 0.15) is 20.3 Å². The van der Waals surface area contributed by atoms with E-state index in [0.717, 1.165) is 6.42 Å². The lowest BCUT2D eigenvalue weighted by Gasteiger charge is -1.95. The van der Waals surface area contributed by atoms with Gasteiger partial charge in [0.15, 0.2) is 0 Å². The summed E-state index contributed by atoms with van der Waals surface area (Å²) < 4.78 is 4.56. The first-order valence-corrected chi connectivity index (χ1v) is 4.02. The maximum atomic E-state index is 10.8. The van der Waals surface area contributed by atoms with Gasteiger partial charge in [0.1, 0.15) is 0 Å². The highest BCUT2D eigenvalue weighted by atomic mass is 35.5. The second-order valence-corrected chi connectivity index (χ2v) is 2.18. The number of hydrogen-bond donors (Lipinski definition) is 0. The molecule has 0 radical (unpaired) electrons. The normalized spacial score (nSPS) is 12.1. The van der Waals surface area contributed by atoms with Crippen LogP contribution in [0.15, 0.2) is 10.2 Å². The van der Waals surface area contributed by atoms with Crippen LogP contribution in [0.25, 0.3) is 0 Å². The Kier molecular flexibility index (Phi) is 6.28. The van der Waals surface area contributed by atoms with E-state index < -0.39 is 5.97 Å². The minimum absolute atomic E-state index is 0.249. The largest absolute Gasteiger partial charge is 0.461 e. The summed E-state index contributed by atoms with van der Waals surface area (Å²) in [6.45, 7) is 3.87. The van der Waals surface area contributed by atoms with E-state index in [4.69, 9.17) is 11.6 Å². The van der Waals surface area contributed by atoms with Crippen LogP contribution in [0.3, 0.4) is 0 Å². The topological polar surface area (TPSA) is 51.0 Å². The third-order valence-electron chi connectivity index (χ3n) is 0.854. The zero-order valence-corrected chi connectivity index (χ0v) is 7.84. The van der Waals surface area contributed by atoms with Crippen LogP contribution in [0.2, 0.25) is 0 Å². The minimum atomic E-state index is -0.646. The van der Waals surface area contributed by atoms with E-state index in [1.54, 1.807) is 13.1 Å². The van der Waals surface area contributed by atoms with Crippen LogP contribution in [-0.2, 0) is 9.53 Å². The van der Waals surface area contributed by atoms with Crippen molar-refractivity contribution in [2.24, 2.45) is 10.2 Å². The molecule has 0 atom stereocenters. The van der Waals surface area contributed by atoms with E-state index in [-0.39, 0.29) is 11.8 Å². The molecule has 0 aliphatic carbocycles. The number of ether oxygens (including phenoxy) is 1. The molecule has 0 aliphatic heterocycles. The second-order valence-electron chi connectivity index (χ2n) is 1.82. The molecule has 0 N–H and O–H groups in total. The van der Waals surface area contributed by atoms with Gasteiger partial charge in [-0.2, -0.15) is 5.10 Å². The molecule has 5 heteroatoms. The van der Waals surface area contributed by atoms with Gasteiger partial charge >= 0.3 is 5.97 Å². The molecule has 0 fully saturated rings. The standard InChI is InChI=1S/C7H11ClN2O2/c1-3-5-9-10-6(8)7(11)12-4-2/h5H,3-4H2,1-2H3. The first-order chi connectivity index (χ1) is 5.72. The molecule has 68 valence electrons. The monoisotopic (exact) mass is 190 g/mol. The molecule has 0 aliphatic rings. The Bertz CT molecular complexity index is 202. The average Bonchev–Trinajstić information content (AvgIpc) is 2.05. The van der Waals surface area contributed by atoms with E-state index in [9.17, 15) is 4.79 Å². The number of rotatable bonds is 4. The van der Waals surface area contributed by atoms with Crippen LogP contribution in [-0.4, -0.2) is 24.0 Å². The van der Waals surface area contributed by atoms with Gasteiger partial charge in [-0.1, -0.05) is 18.5 Å². The fourth-order valence-corrected chi connectivity index (χ4v) is 0.503. The lowest BCUT2D eigenvalue weighted by atomic mass is 10.6. The molecule has 12 heavy (non-hydrogen) atoms. The molecule has 0 aromatic carbocycles. The van der Waals surface area contributed by atoms with Crippen LogP contribution in [0.5, 0.6) is 0 Å². The lowest BCUT2D eigenvalue weighted by Crippen LogP contribution is -2.11. The van der Waals surface area contributed by atoms with Crippen molar-refractivity contribution in [3.05, 3.63) is 0 Å². The molecule has 0 bridgehead atoms. The fraction of sp³-hybridized carbons (Fsp3) is 0.571. The third-order valence-corrected chi connectivity index (χ3v) is 1.08. The van der Waals surface area contributed by atoms with E-state index in [1.165, 1.54) is 0 Å². The summed E-state index contributed by atoms with van der Waals surface area (Å²) in [6.07, 6.45) is 2.29. The predicted molar refractivity (Wildman–Crippen MR) is 48.7 cm³/mol. The first-order valence-electron chi connectivity index (χ1n) is 3.64. The van der Waals surface area contributed by atoms with E-state index >= 15 is 0 Å². The Balaban J connectivity index is 3.99. The Morgan fingerprint density at radius 1 is 1.58 bits per heavy atom. The Hall–Kier alpha value is -0.900. The Morgan fingerprint density at radius 2 is 2.25 bits per heavy atom. The summed E-state index contributed by atoms with van der Waals surface area (Å²) in [5.41, 5.74) is 0. The third kappa shape index (κ3) is 4.85. The maximum absolute atomic E-state index is 10.8. The highest BCUT2D eigenvalue weighted by Gasteiger charge is 2.07. The van der Waals surface area contributed by atoms with Crippen molar-refractivity contribution in [3.63, 3.8) is 0 Å². The summed E-state index contributed by atoms with van der Waals surface area (Å²) in [6, 6.07) is 0. The number of carbonyl (C=O) groups excluding carboxylic acids is 1. The van der Waals surface area contributed by atoms with Gasteiger partial charge in [0.2, 0.25) is 5.17 Å². The van der Waals surface area contributed by atoms with E-state index in [2.05, 4.69) is 14.9 Å². The molecule has 0 amide bonds. The SMILES string of the molecule is CCC=NN=C(Cl)C(=O)OCC. The highest BCUT2D eigenvalue weighted by Crippen LogP contribution is 1.91. The molecular weight excluding hydrogens is 180 g/mol. The lowest BCUT2D eigenvalue weighted by molar-refractivity contribution is -0.134. The van der Waals surface area contributed by atoms with Crippen LogP contribution in [0.4, 0.5) is 0 Å². The number of hydrogen-bond acceptors (Lipinski definition) is 4. The van der Waals surface area contributed by atoms with Gasteiger partial charge in [0.05, 0.1) is 6.61 Å². The van der Waals surface area contributed by atoms with Gasteiger partial charge in [0, 0.05) is 6.21 Å². The van der Waals surface area contributed by atoms with Crippen molar-refractivity contribution in [2.45, 2.75) is 20.3 Å². The fourth-order valence-electron chi connectivity index (χ4n) is 0.405. The molecule has 0 saturated carbocycles. The number of esters is 1. The van der Waals surface area contributed by atoms with Crippen molar-refractivity contribution in [2.75, 3.05) is 6.61 Å². The average molecular weight is 191 g/mol. The van der Waals surface area contributed by atoms with Crippen molar-refractivity contribution < 1.29 is 9.53 Å². The van der Waals surface area contributed by atoms with Crippen molar-refractivity contribution in [1.29, 1.82) is 0 Å². The number of nitrogens with zero attached hydrogens (tertiary/aromatic N) is 2. The molecule has 0 spiro atoms. The van der Waals surface area contributed by atoms with Crippen molar-refractivity contribution in [3.8, 4) is 0 Å². The van der Waals surface area contributed by atoms with Gasteiger partial charge in [-0.05, 0) is 13.3 Å². The second kappa shape index (κ2) is 6.79. The van der Waals surface area contributed by atoms with Crippen molar-refractivity contribution in [1.82, 2.24) is 0 Å². The van der Waals surface area contributed by atoms with E-state index in [0.29, 0.717) is 0 Å². The van der Waals surface area contributed by atoms with Crippen LogP contribution >= 0.6 is 11.6 Å². The molecule has 4 nitrogen and oxygen atoms in total. The van der Waals surface area contributed by atoms with Gasteiger partial charge in [-0.15, -0.1) is 5.10 Å². The number of halogens is 1. The summed E-state index contributed by atoms with van der Waals surface area (Å²) in [4.78, 5) is 10.8. The van der Waals surface area contributed by atoms with Crippen molar-refractivity contribution >= 4 is 29.0 Å². The number of carbonyl (C=O) groups is 1. The first kappa shape index (κ1) is 11.1. The summed E-state index contributed by atoms with van der Waals surface area (Å²) >= 11 is 5.41. The smallest absolute Gasteiger partial charge is 0.370 e. The zero-order valence-electron chi connectivity index (χ0n) is 7.08. The molecule has 0 heterocycles. The Labute approximate surface area is 76.3 Å². The van der Waals surface area contributed by atoms with Gasteiger partial charge < -0.3 is 4.74 Å². The van der Waals surface area contributed by atoms with Gasteiger partial charge in [-0.25, -0.2) is 4.79 Å².